The fraction of sp³-hybridized carbons (Fsp3) is 0.348. The SMILES string of the molecule is COc1cc(OC)cc(-c2nnc(NC(=O)C3CCN(S(=O)(=O)c4ccccc4SC)CC3)o2)c1. The van der Waals surface area contributed by atoms with Crippen molar-refractivity contribution in [1.82, 2.24) is 14.5 Å². The summed E-state index contributed by atoms with van der Waals surface area (Å²) < 4.78 is 43.8. The van der Waals surface area contributed by atoms with Gasteiger partial charge in [-0.1, -0.05) is 17.2 Å². The Morgan fingerprint density at radius 2 is 1.74 bits per heavy atom. The average Bonchev–Trinajstić information content (AvgIpc) is 3.36. The summed E-state index contributed by atoms with van der Waals surface area (Å²) in [6.45, 7) is 0.504. The second-order valence-corrected chi connectivity index (χ2v) is 10.6. The Labute approximate surface area is 208 Å². The van der Waals surface area contributed by atoms with Crippen LogP contribution in [-0.2, 0) is 14.8 Å². The van der Waals surface area contributed by atoms with E-state index >= 15 is 0 Å². The Morgan fingerprint density at radius 1 is 1.09 bits per heavy atom. The molecule has 0 spiro atoms. The van der Waals surface area contributed by atoms with E-state index in [1.165, 1.54) is 30.3 Å². The van der Waals surface area contributed by atoms with Gasteiger partial charge in [-0.3, -0.25) is 10.1 Å². The van der Waals surface area contributed by atoms with E-state index in [-0.39, 0.29) is 36.8 Å². The molecule has 0 saturated carbocycles. The number of nitrogens with one attached hydrogen (secondary N) is 1. The number of sulfonamides is 1. The van der Waals surface area contributed by atoms with Gasteiger partial charge in [-0.2, -0.15) is 4.31 Å². The number of nitrogens with zero attached hydrogens (tertiary/aromatic N) is 3. The molecule has 1 amide bonds. The van der Waals surface area contributed by atoms with Crippen LogP contribution in [0.2, 0.25) is 0 Å². The normalized spacial score (nSPS) is 15.1. The zero-order chi connectivity index (χ0) is 25.0. The summed E-state index contributed by atoms with van der Waals surface area (Å²) in [7, 11) is -0.557. The molecule has 35 heavy (non-hydrogen) atoms. The van der Waals surface area contributed by atoms with Crippen molar-refractivity contribution in [2.45, 2.75) is 22.6 Å². The van der Waals surface area contributed by atoms with Crippen LogP contribution in [-0.4, -0.2) is 62.4 Å². The Bertz CT molecular complexity index is 1280. The van der Waals surface area contributed by atoms with Gasteiger partial charge in [-0.05, 0) is 43.4 Å². The van der Waals surface area contributed by atoms with Crippen LogP contribution in [0.4, 0.5) is 6.01 Å². The van der Waals surface area contributed by atoms with E-state index in [1.54, 1.807) is 36.4 Å². The first-order chi connectivity index (χ1) is 16.8. The minimum Gasteiger partial charge on any atom is -0.497 e. The number of hydrogen-bond acceptors (Lipinski definition) is 9. The summed E-state index contributed by atoms with van der Waals surface area (Å²) in [5.74, 6) is 0.662. The first-order valence-electron chi connectivity index (χ1n) is 10.9. The molecular weight excluding hydrogens is 492 g/mol. The highest BCUT2D eigenvalue weighted by Crippen LogP contribution is 2.31. The van der Waals surface area contributed by atoms with Crippen molar-refractivity contribution >= 4 is 33.7 Å². The van der Waals surface area contributed by atoms with Crippen LogP contribution in [0.25, 0.3) is 11.5 Å². The number of benzene rings is 2. The number of hydrogen-bond donors (Lipinski definition) is 1. The van der Waals surface area contributed by atoms with E-state index in [0.29, 0.717) is 39.7 Å². The molecule has 186 valence electrons. The molecular formula is C23H26N4O6S2. The first-order valence-corrected chi connectivity index (χ1v) is 13.5. The third-order valence-corrected chi connectivity index (χ3v) is 8.65. The highest BCUT2D eigenvalue weighted by atomic mass is 32.2. The van der Waals surface area contributed by atoms with E-state index in [9.17, 15) is 13.2 Å². The highest BCUT2D eigenvalue weighted by Gasteiger charge is 2.33. The molecule has 1 aliphatic rings. The first kappa shape index (κ1) is 25.0. The standard InChI is InChI=1S/C23H26N4O6S2/c1-31-17-12-16(13-18(14-17)32-2)22-25-26-23(33-22)24-21(28)15-8-10-27(11-9-15)35(29,30)20-7-5-4-6-19(20)34-3/h4-7,12-15H,8-11H2,1-3H3,(H,24,26,28). The monoisotopic (exact) mass is 518 g/mol. The lowest BCUT2D eigenvalue weighted by atomic mass is 9.97. The van der Waals surface area contributed by atoms with Crippen molar-refractivity contribution in [1.29, 1.82) is 0 Å². The molecule has 1 fully saturated rings. The van der Waals surface area contributed by atoms with E-state index in [4.69, 9.17) is 13.9 Å². The van der Waals surface area contributed by atoms with Crippen LogP contribution in [0.1, 0.15) is 12.8 Å². The lowest BCUT2D eigenvalue weighted by molar-refractivity contribution is -0.121. The zero-order valence-corrected chi connectivity index (χ0v) is 21.2. The van der Waals surface area contributed by atoms with Crippen LogP contribution in [0.15, 0.2) is 56.7 Å². The average molecular weight is 519 g/mol. The summed E-state index contributed by atoms with van der Waals surface area (Å²) in [6.07, 6.45) is 2.62. The molecule has 2 aromatic carbocycles. The topological polar surface area (TPSA) is 124 Å². The molecule has 1 aliphatic heterocycles. The fourth-order valence-corrected chi connectivity index (χ4v) is 6.45. The predicted molar refractivity (Wildman–Crippen MR) is 131 cm³/mol. The van der Waals surface area contributed by atoms with Gasteiger partial charge in [0.05, 0.1) is 19.1 Å². The number of rotatable bonds is 8. The number of anilines is 1. The minimum atomic E-state index is -3.63. The van der Waals surface area contributed by atoms with E-state index in [0.717, 1.165) is 0 Å². The number of methoxy groups -OCH3 is 2. The van der Waals surface area contributed by atoms with Crippen molar-refractivity contribution in [2.24, 2.45) is 5.92 Å². The summed E-state index contributed by atoms with van der Waals surface area (Å²) in [6, 6.07) is 12.1. The Balaban J connectivity index is 1.39. The molecule has 2 heterocycles. The van der Waals surface area contributed by atoms with Gasteiger partial charge in [-0.15, -0.1) is 16.9 Å². The van der Waals surface area contributed by atoms with Gasteiger partial charge in [0.1, 0.15) is 11.5 Å². The van der Waals surface area contributed by atoms with Crippen LogP contribution < -0.4 is 14.8 Å². The predicted octanol–water partition coefficient (Wildman–Crippen LogP) is 3.52. The molecule has 1 saturated heterocycles. The van der Waals surface area contributed by atoms with Gasteiger partial charge in [0.25, 0.3) is 0 Å². The molecule has 0 unspecified atom stereocenters. The number of piperidine rings is 1. The van der Waals surface area contributed by atoms with Gasteiger partial charge >= 0.3 is 6.01 Å². The Morgan fingerprint density at radius 3 is 2.37 bits per heavy atom. The quantitative estimate of drug-likeness (QED) is 0.446. The highest BCUT2D eigenvalue weighted by molar-refractivity contribution is 7.99. The summed E-state index contributed by atoms with van der Waals surface area (Å²) in [5, 5.41) is 10.6. The van der Waals surface area contributed by atoms with E-state index < -0.39 is 10.0 Å². The van der Waals surface area contributed by atoms with Gasteiger partial charge in [0.15, 0.2) is 0 Å². The minimum absolute atomic E-state index is 0.0317. The largest absolute Gasteiger partial charge is 0.497 e. The molecule has 10 nitrogen and oxygen atoms in total. The lowest BCUT2D eigenvalue weighted by Crippen LogP contribution is -2.41. The molecule has 1 aromatic heterocycles. The number of aromatic nitrogens is 2. The van der Waals surface area contributed by atoms with Crippen molar-refractivity contribution in [2.75, 3.05) is 38.9 Å². The molecule has 3 aromatic rings. The van der Waals surface area contributed by atoms with Crippen molar-refractivity contribution < 1.29 is 27.1 Å². The Hall–Kier alpha value is -3.09. The van der Waals surface area contributed by atoms with Gasteiger partial charge in [-0.25, -0.2) is 8.42 Å². The van der Waals surface area contributed by atoms with Crippen molar-refractivity contribution in [3.63, 3.8) is 0 Å². The maximum atomic E-state index is 13.1. The Kier molecular flexibility index (Phi) is 7.63. The number of ether oxygens (including phenoxy) is 2. The maximum Gasteiger partial charge on any atom is 0.322 e. The van der Waals surface area contributed by atoms with Crippen LogP contribution in [0.5, 0.6) is 11.5 Å². The second kappa shape index (κ2) is 10.7. The lowest BCUT2D eigenvalue weighted by Gasteiger charge is -2.30. The third-order valence-electron chi connectivity index (χ3n) is 5.77. The van der Waals surface area contributed by atoms with Crippen molar-refractivity contribution in [3.8, 4) is 23.0 Å². The zero-order valence-electron chi connectivity index (χ0n) is 19.6. The smallest absolute Gasteiger partial charge is 0.322 e. The number of carbonyl (C=O) groups excluding carboxylic acids is 1. The summed E-state index contributed by atoms with van der Waals surface area (Å²) in [4.78, 5) is 13.8. The van der Waals surface area contributed by atoms with Crippen LogP contribution in [0.3, 0.4) is 0 Å². The molecule has 1 N–H and O–H groups in total. The van der Waals surface area contributed by atoms with Gasteiger partial charge < -0.3 is 13.9 Å². The second-order valence-electron chi connectivity index (χ2n) is 7.83. The van der Waals surface area contributed by atoms with Crippen LogP contribution >= 0.6 is 11.8 Å². The fourth-order valence-electron chi connectivity index (χ4n) is 3.86. The number of thioether (sulfide) groups is 1. The summed E-state index contributed by atoms with van der Waals surface area (Å²) >= 11 is 1.39. The number of amides is 1. The van der Waals surface area contributed by atoms with Crippen LogP contribution in [0, 0.1) is 5.92 Å². The number of carbonyl (C=O) groups is 1. The molecule has 0 radical (unpaired) electrons. The molecule has 0 aliphatic carbocycles. The van der Waals surface area contributed by atoms with Gasteiger partial charge in [0, 0.05) is 35.5 Å². The molecule has 4 rings (SSSR count). The molecule has 0 bridgehead atoms. The molecule has 0 atom stereocenters. The van der Waals surface area contributed by atoms with E-state index in [2.05, 4.69) is 15.5 Å². The molecule has 12 heteroatoms. The van der Waals surface area contributed by atoms with E-state index in [1.807, 2.05) is 12.3 Å². The van der Waals surface area contributed by atoms with Crippen molar-refractivity contribution in [3.05, 3.63) is 42.5 Å². The van der Waals surface area contributed by atoms with Gasteiger partial charge in [0.2, 0.25) is 21.8 Å². The third kappa shape index (κ3) is 5.44. The maximum absolute atomic E-state index is 13.1. The summed E-state index contributed by atoms with van der Waals surface area (Å²) in [5.41, 5.74) is 0.582.